The van der Waals surface area contributed by atoms with Crippen LogP contribution < -0.4 is 5.32 Å². The van der Waals surface area contributed by atoms with E-state index in [1.165, 1.54) is 0 Å². The average Bonchev–Trinajstić information content (AvgIpc) is 2.34. The molecule has 0 saturated carbocycles. The van der Waals surface area contributed by atoms with Gasteiger partial charge in [-0.25, -0.2) is 8.42 Å². The molecule has 11 heavy (non-hydrogen) atoms. The first-order chi connectivity index (χ1) is 5.20. The Kier molecular flexibility index (Phi) is 1.68. The molecule has 1 N–H and O–H groups in total. The summed E-state index contributed by atoms with van der Waals surface area (Å²) in [6, 6.07) is 0. The maximum absolute atomic E-state index is 11.4. The number of rotatable bonds is 0. The Labute approximate surface area is 67.1 Å². The summed E-state index contributed by atoms with van der Waals surface area (Å²) in [5.41, 5.74) is 0. The van der Waals surface area contributed by atoms with E-state index in [9.17, 15) is 8.42 Å². The van der Waals surface area contributed by atoms with Crippen LogP contribution in [0.3, 0.4) is 0 Å². The highest BCUT2D eigenvalue weighted by Gasteiger charge is 2.39. The molecule has 4 heteroatoms. The van der Waals surface area contributed by atoms with E-state index in [4.69, 9.17) is 0 Å². The highest BCUT2D eigenvalue weighted by Crippen LogP contribution is 2.28. The van der Waals surface area contributed by atoms with E-state index in [0.29, 0.717) is 18.2 Å². The Morgan fingerprint density at radius 3 is 2.82 bits per heavy atom. The fraction of sp³-hybridized carbons (Fsp3) is 1.00. The maximum Gasteiger partial charge on any atom is 0.154 e. The van der Waals surface area contributed by atoms with Gasteiger partial charge in [0.1, 0.15) is 0 Å². The van der Waals surface area contributed by atoms with Crippen molar-refractivity contribution in [2.45, 2.75) is 18.1 Å². The Morgan fingerprint density at radius 2 is 2.09 bits per heavy atom. The fourth-order valence-electron chi connectivity index (χ4n) is 2.12. The number of hydrogen-bond donors (Lipinski definition) is 1. The third-order valence-corrected chi connectivity index (χ3v) is 5.07. The van der Waals surface area contributed by atoms with Crippen molar-refractivity contribution in [1.29, 1.82) is 0 Å². The molecule has 64 valence electrons. The highest BCUT2D eigenvalue weighted by atomic mass is 32.2. The van der Waals surface area contributed by atoms with Gasteiger partial charge in [0.15, 0.2) is 9.84 Å². The molecule has 3 nitrogen and oxygen atoms in total. The molecule has 0 bridgehead atoms. The molecule has 0 radical (unpaired) electrons. The molecule has 0 aromatic rings. The molecule has 2 aliphatic rings. The van der Waals surface area contributed by atoms with E-state index < -0.39 is 9.84 Å². The van der Waals surface area contributed by atoms with Crippen LogP contribution in [-0.4, -0.2) is 32.5 Å². The molecule has 0 spiro atoms. The van der Waals surface area contributed by atoms with Gasteiger partial charge in [0.05, 0.1) is 11.0 Å². The van der Waals surface area contributed by atoms with Gasteiger partial charge >= 0.3 is 0 Å². The minimum absolute atomic E-state index is 0.0590. The van der Waals surface area contributed by atoms with Gasteiger partial charge in [0, 0.05) is 6.54 Å². The van der Waals surface area contributed by atoms with Crippen LogP contribution in [0.1, 0.15) is 12.8 Å². The Morgan fingerprint density at radius 1 is 1.27 bits per heavy atom. The summed E-state index contributed by atoms with van der Waals surface area (Å²) in [6.45, 7) is 1.59. The quantitative estimate of drug-likeness (QED) is 0.554. The second-order valence-corrected chi connectivity index (χ2v) is 5.81. The first-order valence-electron chi connectivity index (χ1n) is 4.12. The standard InChI is InChI=1S/C7H13NO2S/c9-11(10)3-1-2-6-4-8-5-7(6)11/h6-8H,1-5H2. The SMILES string of the molecule is O=S1(=O)CCCC2CNCC21. The number of sulfone groups is 1. The Balaban J connectivity index is 2.26. The van der Waals surface area contributed by atoms with Crippen molar-refractivity contribution < 1.29 is 8.42 Å². The summed E-state index contributed by atoms with van der Waals surface area (Å²) < 4.78 is 22.8. The number of fused-ring (bicyclic) bond motifs is 1. The zero-order valence-electron chi connectivity index (χ0n) is 6.41. The molecule has 0 aromatic carbocycles. The second-order valence-electron chi connectivity index (χ2n) is 3.47. The third kappa shape index (κ3) is 1.18. The van der Waals surface area contributed by atoms with Gasteiger partial charge in [0.25, 0.3) is 0 Å². The van der Waals surface area contributed by atoms with Crippen molar-refractivity contribution in [3.05, 3.63) is 0 Å². The van der Waals surface area contributed by atoms with Crippen LogP contribution in [-0.2, 0) is 9.84 Å². The summed E-state index contributed by atoms with van der Waals surface area (Å²) in [7, 11) is -2.72. The third-order valence-electron chi connectivity index (χ3n) is 2.74. The van der Waals surface area contributed by atoms with Crippen molar-refractivity contribution in [3.8, 4) is 0 Å². The summed E-state index contributed by atoms with van der Waals surface area (Å²) in [5.74, 6) is 0.823. The topological polar surface area (TPSA) is 46.2 Å². The van der Waals surface area contributed by atoms with Crippen LogP contribution in [0, 0.1) is 5.92 Å². The van der Waals surface area contributed by atoms with Gasteiger partial charge in [0.2, 0.25) is 0 Å². The normalized spacial score (nSPS) is 41.8. The van der Waals surface area contributed by atoms with Gasteiger partial charge in [-0.1, -0.05) is 0 Å². The first kappa shape index (κ1) is 7.55. The van der Waals surface area contributed by atoms with Crippen molar-refractivity contribution >= 4 is 9.84 Å². The molecule has 0 aromatic heterocycles. The molecule has 2 rings (SSSR count). The van der Waals surface area contributed by atoms with Gasteiger partial charge in [-0.3, -0.25) is 0 Å². The van der Waals surface area contributed by atoms with E-state index in [2.05, 4.69) is 5.32 Å². The van der Waals surface area contributed by atoms with Crippen LogP contribution >= 0.6 is 0 Å². The van der Waals surface area contributed by atoms with Crippen LogP contribution in [0.15, 0.2) is 0 Å². The second kappa shape index (κ2) is 2.45. The van der Waals surface area contributed by atoms with E-state index in [0.717, 1.165) is 19.4 Å². The summed E-state index contributed by atoms with van der Waals surface area (Å²) in [4.78, 5) is 0. The number of hydrogen-bond acceptors (Lipinski definition) is 3. The van der Waals surface area contributed by atoms with Crippen LogP contribution in [0.2, 0.25) is 0 Å². The van der Waals surface area contributed by atoms with Crippen molar-refractivity contribution in [1.82, 2.24) is 5.32 Å². The van der Waals surface area contributed by atoms with Crippen LogP contribution in [0.4, 0.5) is 0 Å². The molecule has 2 saturated heterocycles. The molecule has 2 fully saturated rings. The fourth-order valence-corrected chi connectivity index (χ4v) is 4.18. The zero-order valence-corrected chi connectivity index (χ0v) is 7.23. The van der Waals surface area contributed by atoms with E-state index in [1.807, 2.05) is 0 Å². The average molecular weight is 175 g/mol. The largest absolute Gasteiger partial charge is 0.315 e. The van der Waals surface area contributed by atoms with Gasteiger partial charge in [-0.15, -0.1) is 0 Å². The Bertz CT molecular complexity index is 247. The summed E-state index contributed by atoms with van der Waals surface area (Å²) in [6.07, 6.45) is 1.96. The molecule has 2 atom stereocenters. The minimum Gasteiger partial charge on any atom is -0.315 e. The predicted octanol–water partition coefficient (Wildman–Crippen LogP) is -0.217. The van der Waals surface area contributed by atoms with Gasteiger partial charge < -0.3 is 5.32 Å². The number of nitrogens with one attached hydrogen (secondary N) is 1. The molecule has 0 amide bonds. The molecular weight excluding hydrogens is 162 g/mol. The zero-order chi connectivity index (χ0) is 7.90. The summed E-state index contributed by atoms with van der Waals surface area (Å²) in [5, 5.41) is 3.08. The predicted molar refractivity (Wildman–Crippen MR) is 43.2 cm³/mol. The van der Waals surface area contributed by atoms with Gasteiger partial charge in [-0.2, -0.15) is 0 Å². The Hall–Kier alpha value is -0.0900. The van der Waals surface area contributed by atoms with Crippen molar-refractivity contribution in [3.63, 3.8) is 0 Å². The highest BCUT2D eigenvalue weighted by molar-refractivity contribution is 7.92. The van der Waals surface area contributed by atoms with Crippen molar-refractivity contribution in [2.24, 2.45) is 5.92 Å². The molecule has 0 aliphatic carbocycles. The van der Waals surface area contributed by atoms with Crippen LogP contribution in [0.25, 0.3) is 0 Å². The lowest BCUT2D eigenvalue weighted by molar-refractivity contribution is 0.477. The molecule has 2 aliphatic heterocycles. The first-order valence-corrected chi connectivity index (χ1v) is 5.84. The lowest BCUT2D eigenvalue weighted by atomic mass is 10.0. The van der Waals surface area contributed by atoms with E-state index in [1.54, 1.807) is 0 Å². The minimum atomic E-state index is -2.72. The smallest absolute Gasteiger partial charge is 0.154 e. The maximum atomic E-state index is 11.4. The lowest BCUT2D eigenvalue weighted by Gasteiger charge is -2.23. The molecular formula is C7H13NO2S. The molecule has 2 unspecified atom stereocenters. The molecule has 2 heterocycles. The lowest BCUT2D eigenvalue weighted by Crippen LogP contribution is -2.35. The van der Waals surface area contributed by atoms with Crippen LogP contribution in [0.5, 0.6) is 0 Å². The van der Waals surface area contributed by atoms with E-state index >= 15 is 0 Å². The summed E-state index contributed by atoms with van der Waals surface area (Å²) >= 11 is 0. The van der Waals surface area contributed by atoms with Crippen molar-refractivity contribution in [2.75, 3.05) is 18.8 Å². The monoisotopic (exact) mass is 175 g/mol. The van der Waals surface area contributed by atoms with Gasteiger partial charge in [-0.05, 0) is 25.3 Å². The van der Waals surface area contributed by atoms with E-state index in [-0.39, 0.29) is 5.25 Å².